The van der Waals surface area contributed by atoms with Gasteiger partial charge in [0.1, 0.15) is 5.82 Å². The zero-order valence-electron chi connectivity index (χ0n) is 14.5. The molecule has 1 heterocycles. The van der Waals surface area contributed by atoms with Gasteiger partial charge in [-0.05, 0) is 49.0 Å². The molecule has 26 heavy (non-hydrogen) atoms. The molecular formula is C18H21ClFN3O2S. The minimum atomic E-state index is -3.82. The predicted octanol–water partition coefficient (Wildman–Crippen LogP) is 3.42. The third-order valence-electron chi connectivity index (χ3n) is 4.51. The quantitative estimate of drug-likeness (QED) is 0.839. The zero-order chi connectivity index (χ0) is 18.7. The molecule has 5 nitrogen and oxygen atoms in total. The van der Waals surface area contributed by atoms with Crippen molar-refractivity contribution in [2.45, 2.75) is 11.8 Å². The molecule has 1 fully saturated rings. The van der Waals surface area contributed by atoms with Crippen molar-refractivity contribution in [3.05, 3.63) is 53.3 Å². The number of nitrogens with one attached hydrogen (secondary N) is 1. The van der Waals surface area contributed by atoms with Crippen LogP contribution in [-0.2, 0) is 10.0 Å². The number of anilines is 2. The number of piperazine rings is 1. The summed E-state index contributed by atoms with van der Waals surface area (Å²) < 4.78 is 40.5. The summed E-state index contributed by atoms with van der Waals surface area (Å²) in [7, 11) is -3.82. The summed E-state index contributed by atoms with van der Waals surface area (Å²) in [5.41, 5.74) is 1.51. The molecule has 0 unspecified atom stereocenters. The maximum absolute atomic E-state index is 13.2. The van der Waals surface area contributed by atoms with Gasteiger partial charge in [0.05, 0.1) is 9.92 Å². The van der Waals surface area contributed by atoms with Crippen LogP contribution < -0.4 is 9.62 Å². The molecule has 8 heteroatoms. The van der Waals surface area contributed by atoms with Gasteiger partial charge in [0.15, 0.2) is 0 Å². The Kier molecular flexibility index (Phi) is 5.70. The largest absolute Gasteiger partial charge is 0.369 e. The summed E-state index contributed by atoms with van der Waals surface area (Å²) in [6.07, 6.45) is 0. The third kappa shape index (κ3) is 4.28. The van der Waals surface area contributed by atoms with E-state index in [0.29, 0.717) is 5.69 Å². The highest BCUT2D eigenvalue weighted by atomic mass is 35.5. The van der Waals surface area contributed by atoms with Crippen LogP contribution in [0.2, 0.25) is 5.02 Å². The molecule has 140 valence electrons. The van der Waals surface area contributed by atoms with E-state index < -0.39 is 15.8 Å². The highest BCUT2D eigenvalue weighted by Crippen LogP contribution is 2.24. The third-order valence-corrected chi connectivity index (χ3v) is 6.17. The predicted molar refractivity (Wildman–Crippen MR) is 103 cm³/mol. The van der Waals surface area contributed by atoms with Gasteiger partial charge in [0.25, 0.3) is 10.0 Å². The molecular weight excluding hydrogens is 377 g/mol. The van der Waals surface area contributed by atoms with Crippen LogP contribution in [-0.4, -0.2) is 46.0 Å². The van der Waals surface area contributed by atoms with Crippen molar-refractivity contribution in [3.63, 3.8) is 0 Å². The van der Waals surface area contributed by atoms with Gasteiger partial charge in [-0.25, -0.2) is 12.8 Å². The van der Waals surface area contributed by atoms with Gasteiger partial charge in [-0.3, -0.25) is 4.72 Å². The average Bonchev–Trinajstić information content (AvgIpc) is 2.64. The van der Waals surface area contributed by atoms with Crippen LogP contribution in [0.5, 0.6) is 0 Å². The van der Waals surface area contributed by atoms with Crippen molar-refractivity contribution < 1.29 is 12.8 Å². The van der Waals surface area contributed by atoms with Gasteiger partial charge in [0, 0.05) is 37.6 Å². The van der Waals surface area contributed by atoms with Crippen LogP contribution in [0.25, 0.3) is 0 Å². The van der Waals surface area contributed by atoms with Crippen LogP contribution in [0, 0.1) is 5.82 Å². The Hall–Kier alpha value is -1.83. The molecule has 0 aliphatic carbocycles. The molecule has 0 atom stereocenters. The fourth-order valence-corrected chi connectivity index (χ4v) is 4.25. The van der Waals surface area contributed by atoms with E-state index in [2.05, 4.69) is 21.4 Å². The first-order chi connectivity index (χ1) is 12.4. The van der Waals surface area contributed by atoms with Crippen molar-refractivity contribution in [2.75, 3.05) is 42.3 Å². The number of rotatable bonds is 5. The van der Waals surface area contributed by atoms with Crippen molar-refractivity contribution in [1.29, 1.82) is 0 Å². The first-order valence-corrected chi connectivity index (χ1v) is 10.3. The first-order valence-electron chi connectivity index (χ1n) is 8.44. The van der Waals surface area contributed by atoms with Crippen molar-refractivity contribution in [1.82, 2.24) is 4.90 Å². The van der Waals surface area contributed by atoms with Crippen LogP contribution in [0.1, 0.15) is 6.92 Å². The van der Waals surface area contributed by atoms with E-state index in [1.165, 1.54) is 6.07 Å². The molecule has 0 bridgehead atoms. The minimum Gasteiger partial charge on any atom is -0.369 e. The van der Waals surface area contributed by atoms with Crippen LogP contribution in [0.3, 0.4) is 0 Å². The highest BCUT2D eigenvalue weighted by Gasteiger charge is 2.18. The van der Waals surface area contributed by atoms with Crippen LogP contribution >= 0.6 is 11.6 Å². The Bertz CT molecular complexity index is 867. The highest BCUT2D eigenvalue weighted by molar-refractivity contribution is 7.92. The molecule has 1 aliphatic heterocycles. The van der Waals surface area contributed by atoms with Crippen LogP contribution in [0.4, 0.5) is 15.8 Å². The summed E-state index contributed by atoms with van der Waals surface area (Å²) in [5, 5.41) is -0.227. The molecule has 0 spiro atoms. The van der Waals surface area contributed by atoms with Gasteiger partial charge in [-0.15, -0.1) is 0 Å². The summed E-state index contributed by atoms with van der Waals surface area (Å²) in [6.45, 7) is 7.17. The molecule has 3 rings (SSSR count). The first kappa shape index (κ1) is 18.9. The van der Waals surface area contributed by atoms with Crippen molar-refractivity contribution in [2.24, 2.45) is 0 Å². The van der Waals surface area contributed by atoms with E-state index in [1.807, 2.05) is 12.1 Å². The van der Waals surface area contributed by atoms with Gasteiger partial charge in [0.2, 0.25) is 0 Å². The lowest BCUT2D eigenvalue weighted by atomic mass is 10.2. The lowest BCUT2D eigenvalue weighted by Crippen LogP contribution is -2.46. The minimum absolute atomic E-state index is 0.0799. The summed E-state index contributed by atoms with van der Waals surface area (Å²) in [6, 6.07) is 10.6. The normalized spacial score (nSPS) is 15.9. The lowest BCUT2D eigenvalue weighted by Gasteiger charge is -2.35. The number of sulfonamides is 1. The maximum atomic E-state index is 13.2. The van der Waals surface area contributed by atoms with E-state index >= 15 is 0 Å². The van der Waals surface area contributed by atoms with E-state index in [9.17, 15) is 12.8 Å². The number of hydrogen-bond acceptors (Lipinski definition) is 4. The topological polar surface area (TPSA) is 52.6 Å². The Morgan fingerprint density at radius 1 is 1.08 bits per heavy atom. The Morgan fingerprint density at radius 2 is 1.73 bits per heavy atom. The summed E-state index contributed by atoms with van der Waals surface area (Å²) in [5.74, 6) is -0.655. The molecule has 0 amide bonds. The van der Waals surface area contributed by atoms with E-state index in [1.54, 1.807) is 12.1 Å². The molecule has 1 aliphatic rings. The van der Waals surface area contributed by atoms with E-state index in [0.717, 1.165) is 50.5 Å². The van der Waals surface area contributed by atoms with Gasteiger partial charge in [-0.1, -0.05) is 18.5 Å². The number of halogens is 2. The second-order valence-corrected chi connectivity index (χ2v) is 8.24. The van der Waals surface area contributed by atoms with Gasteiger partial charge in [-0.2, -0.15) is 0 Å². The van der Waals surface area contributed by atoms with Crippen LogP contribution in [0.15, 0.2) is 47.4 Å². The average molecular weight is 398 g/mol. The second-order valence-electron chi connectivity index (χ2n) is 6.15. The summed E-state index contributed by atoms with van der Waals surface area (Å²) in [4.78, 5) is 4.60. The fraction of sp³-hybridized carbons (Fsp3) is 0.333. The summed E-state index contributed by atoms with van der Waals surface area (Å²) >= 11 is 5.67. The molecule has 2 aromatic rings. The number of likely N-dealkylation sites (N-methyl/N-ethyl adjacent to an activating group) is 1. The lowest BCUT2D eigenvalue weighted by molar-refractivity contribution is 0.271. The smallest absolute Gasteiger partial charge is 0.261 e. The van der Waals surface area contributed by atoms with Gasteiger partial charge < -0.3 is 9.80 Å². The SMILES string of the molecule is CCN1CCN(c2ccc(NS(=O)(=O)c3ccc(F)c(Cl)c3)cc2)CC1. The standard InChI is InChI=1S/C18H21ClFN3O2S/c1-2-22-9-11-23(12-10-22)15-5-3-14(4-6-15)21-26(24,25)16-7-8-18(20)17(19)13-16/h3-8,13,21H,2,9-12H2,1H3. The molecule has 0 radical (unpaired) electrons. The molecule has 1 saturated heterocycles. The molecule has 2 aromatic carbocycles. The maximum Gasteiger partial charge on any atom is 0.261 e. The second kappa shape index (κ2) is 7.82. The van der Waals surface area contributed by atoms with E-state index in [4.69, 9.17) is 11.6 Å². The Morgan fingerprint density at radius 3 is 2.31 bits per heavy atom. The zero-order valence-corrected chi connectivity index (χ0v) is 16.0. The Labute approximate surface area is 158 Å². The monoisotopic (exact) mass is 397 g/mol. The number of nitrogens with zero attached hydrogens (tertiary/aromatic N) is 2. The van der Waals surface area contributed by atoms with Crippen molar-refractivity contribution in [3.8, 4) is 0 Å². The molecule has 0 saturated carbocycles. The fourth-order valence-electron chi connectivity index (χ4n) is 2.92. The van der Waals surface area contributed by atoms with Crippen molar-refractivity contribution >= 4 is 33.0 Å². The molecule has 1 N–H and O–H groups in total. The number of benzene rings is 2. The Balaban J connectivity index is 1.70. The number of hydrogen-bond donors (Lipinski definition) is 1. The van der Waals surface area contributed by atoms with E-state index in [-0.39, 0.29) is 9.92 Å². The molecule has 0 aromatic heterocycles. The van der Waals surface area contributed by atoms with Gasteiger partial charge >= 0.3 is 0 Å².